The first kappa shape index (κ1) is 28.9. The number of benzene rings is 1. The lowest BCUT2D eigenvalue weighted by molar-refractivity contribution is -0.150. The van der Waals surface area contributed by atoms with Gasteiger partial charge < -0.3 is 19.7 Å². The van der Waals surface area contributed by atoms with Crippen LogP contribution in [0.2, 0.25) is 0 Å². The van der Waals surface area contributed by atoms with Gasteiger partial charge in [0.15, 0.2) is 0 Å². The second-order valence-electron chi connectivity index (χ2n) is 10.4. The number of rotatable bonds is 12. The number of nitrogen functional groups attached to an aromatic ring is 1. The van der Waals surface area contributed by atoms with Gasteiger partial charge in [-0.25, -0.2) is 14.4 Å². The molecule has 2 fully saturated rings. The number of anilines is 1. The van der Waals surface area contributed by atoms with Gasteiger partial charge in [-0.1, -0.05) is 32.0 Å². The number of hydrogen-bond acceptors (Lipinski definition) is 10. The molecule has 1 aliphatic heterocycles. The van der Waals surface area contributed by atoms with Crippen molar-refractivity contribution in [3.8, 4) is 5.75 Å². The van der Waals surface area contributed by atoms with E-state index >= 15 is 0 Å². The Morgan fingerprint density at radius 2 is 1.90 bits per heavy atom. The molecule has 5 unspecified atom stereocenters. The SMILES string of the molecule is CC(=O)C(C)NP(=O)(OCC1OC(n2ccc(N)nc2=O)C2(CC2)C1COC(=O)C(C)C)Oc1ccccc1. The van der Waals surface area contributed by atoms with Crippen LogP contribution in [0.3, 0.4) is 0 Å². The molecular formula is C26H35N4O8P. The fourth-order valence-corrected chi connectivity index (χ4v) is 6.21. The summed E-state index contributed by atoms with van der Waals surface area (Å²) >= 11 is 0. The van der Waals surface area contributed by atoms with Gasteiger partial charge in [0.1, 0.15) is 23.6 Å². The van der Waals surface area contributed by atoms with E-state index in [1.165, 1.54) is 23.8 Å². The Bertz CT molecular complexity index is 1300. The molecule has 5 atom stereocenters. The summed E-state index contributed by atoms with van der Waals surface area (Å²) < 4.78 is 38.7. The molecule has 212 valence electrons. The predicted octanol–water partition coefficient (Wildman–Crippen LogP) is 3.09. The highest BCUT2D eigenvalue weighted by atomic mass is 31.2. The Balaban J connectivity index is 1.60. The van der Waals surface area contributed by atoms with Crippen molar-refractivity contribution < 1.29 is 32.7 Å². The molecule has 2 heterocycles. The largest absolute Gasteiger partial charge is 0.465 e. The van der Waals surface area contributed by atoms with Crippen molar-refractivity contribution in [2.75, 3.05) is 18.9 Å². The summed E-state index contributed by atoms with van der Waals surface area (Å²) in [4.78, 5) is 40.7. The van der Waals surface area contributed by atoms with Crippen LogP contribution in [0.5, 0.6) is 5.75 Å². The maximum absolute atomic E-state index is 13.8. The molecule has 1 aromatic heterocycles. The fraction of sp³-hybridized carbons (Fsp3) is 0.538. The van der Waals surface area contributed by atoms with Crippen LogP contribution in [-0.4, -0.2) is 46.7 Å². The number of Topliss-reactive ketones (excluding diaryl/α,β-unsaturated/α-hetero) is 1. The molecule has 2 aliphatic rings. The maximum Gasteiger partial charge on any atom is 0.459 e. The lowest BCUT2D eigenvalue weighted by Gasteiger charge is -2.26. The summed E-state index contributed by atoms with van der Waals surface area (Å²) in [6.45, 7) is 6.21. The van der Waals surface area contributed by atoms with Crippen molar-refractivity contribution >= 4 is 25.3 Å². The first-order chi connectivity index (χ1) is 18.4. The molecule has 3 N–H and O–H groups in total. The third-order valence-electron chi connectivity index (χ3n) is 7.13. The molecule has 1 aromatic carbocycles. The van der Waals surface area contributed by atoms with E-state index in [1.807, 2.05) is 0 Å². The summed E-state index contributed by atoms with van der Waals surface area (Å²) in [6.07, 6.45) is 1.52. The molecule has 12 nitrogen and oxygen atoms in total. The van der Waals surface area contributed by atoms with Crippen LogP contribution in [0.1, 0.15) is 46.8 Å². The second kappa shape index (κ2) is 11.6. The smallest absolute Gasteiger partial charge is 0.459 e. The molecule has 0 bridgehead atoms. The number of nitrogens with one attached hydrogen (secondary N) is 1. The highest BCUT2D eigenvalue weighted by Crippen LogP contribution is 2.65. The van der Waals surface area contributed by atoms with Crippen LogP contribution < -0.4 is 21.0 Å². The van der Waals surface area contributed by atoms with Gasteiger partial charge in [-0.05, 0) is 44.9 Å². The first-order valence-electron chi connectivity index (χ1n) is 12.9. The van der Waals surface area contributed by atoms with Crippen molar-refractivity contribution in [1.29, 1.82) is 0 Å². The zero-order valence-electron chi connectivity index (χ0n) is 22.4. The Hall–Kier alpha value is -3.05. The van der Waals surface area contributed by atoms with Gasteiger partial charge in [0, 0.05) is 17.5 Å². The highest BCUT2D eigenvalue weighted by molar-refractivity contribution is 7.52. The summed E-state index contributed by atoms with van der Waals surface area (Å²) in [5.41, 5.74) is 4.59. The molecule has 1 aliphatic carbocycles. The van der Waals surface area contributed by atoms with E-state index in [4.69, 9.17) is 24.3 Å². The molecule has 2 aromatic rings. The molecular weight excluding hydrogens is 527 g/mol. The Morgan fingerprint density at radius 3 is 2.49 bits per heavy atom. The van der Waals surface area contributed by atoms with E-state index in [0.29, 0.717) is 12.8 Å². The average Bonchev–Trinajstić information content (AvgIpc) is 3.61. The monoisotopic (exact) mass is 562 g/mol. The summed E-state index contributed by atoms with van der Waals surface area (Å²) in [5, 5.41) is 2.68. The average molecular weight is 563 g/mol. The van der Waals surface area contributed by atoms with Crippen LogP contribution in [0.4, 0.5) is 5.82 Å². The minimum atomic E-state index is -4.07. The molecule has 39 heavy (non-hydrogen) atoms. The molecule has 0 amide bonds. The van der Waals surface area contributed by atoms with Gasteiger partial charge in [0.25, 0.3) is 0 Å². The van der Waals surface area contributed by atoms with Gasteiger partial charge >= 0.3 is 19.4 Å². The third-order valence-corrected chi connectivity index (χ3v) is 8.77. The summed E-state index contributed by atoms with van der Waals surface area (Å²) in [6, 6.07) is 9.14. The van der Waals surface area contributed by atoms with E-state index in [1.54, 1.807) is 51.1 Å². The lowest BCUT2D eigenvalue weighted by atomic mass is 9.86. The lowest BCUT2D eigenvalue weighted by Crippen LogP contribution is -2.35. The molecule has 0 radical (unpaired) electrons. The number of ether oxygens (including phenoxy) is 2. The predicted molar refractivity (Wildman–Crippen MR) is 142 cm³/mol. The number of hydrogen-bond donors (Lipinski definition) is 2. The number of ketones is 1. The number of carbonyl (C=O) groups is 2. The van der Waals surface area contributed by atoms with Crippen molar-refractivity contribution in [2.45, 2.75) is 58.9 Å². The van der Waals surface area contributed by atoms with E-state index in [2.05, 4.69) is 10.1 Å². The van der Waals surface area contributed by atoms with Crippen molar-refractivity contribution in [3.05, 3.63) is 53.1 Å². The third kappa shape index (κ3) is 6.58. The van der Waals surface area contributed by atoms with Crippen LogP contribution in [0.25, 0.3) is 0 Å². The zero-order valence-corrected chi connectivity index (χ0v) is 23.3. The molecule has 1 saturated heterocycles. The number of para-hydroxylation sites is 1. The van der Waals surface area contributed by atoms with Crippen molar-refractivity contribution in [2.24, 2.45) is 17.3 Å². The fourth-order valence-electron chi connectivity index (χ4n) is 4.64. The van der Waals surface area contributed by atoms with E-state index in [9.17, 15) is 18.9 Å². The second-order valence-corrected chi connectivity index (χ2v) is 12.0. The van der Waals surface area contributed by atoms with Gasteiger partial charge in [0.05, 0.1) is 31.3 Å². The standard InChI is InChI=1S/C26H35N4O8P/c1-16(2)23(32)35-14-20-21(37-24(26(20)11-12-26)30-13-10-22(27)28-25(30)33)15-36-39(34,29-17(3)18(4)31)38-19-8-6-5-7-9-19/h5-10,13,16-17,20-21,24H,11-12,14-15H2,1-4H3,(H,29,34)(H2,27,28,33). The summed E-state index contributed by atoms with van der Waals surface area (Å²) in [5.74, 6) is -0.937. The number of carbonyl (C=O) groups excluding carboxylic acids is 2. The van der Waals surface area contributed by atoms with Crippen molar-refractivity contribution in [3.63, 3.8) is 0 Å². The highest BCUT2D eigenvalue weighted by Gasteiger charge is 2.65. The van der Waals surface area contributed by atoms with Crippen LogP contribution in [0.15, 0.2) is 47.4 Å². The Labute approximate surface area is 226 Å². The number of aromatic nitrogens is 2. The topological polar surface area (TPSA) is 161 Å². The minimum Gasteiger partial charge on any atom is -0.465 e. The van der Waals surface area contributed by atoms with E-state index < -0.39 is 37.2 Å². The van der Waals surface area contributed by atoms with Gasteiger partial charge in [-0.2, -0.15) is 4.98 Å². The molecule has 4 rings (SSSR count). The molecule has 13 heteroatoms. The quantitative estimate of drug-likeness (QED) is 0.289. The van der Waals surface area contributed by atoms with E-state index in [0.717, 1.165) is 0 Å². The van der Waals surface area contributed by atoms with E-state index in [-0.39, 0.29) is 48.4 Å². The Kier molecular flexibility index (Phi) is 8.60. The maximum atomic E-state index is 13.8. The first-order valence-corrected chi connectivity index (χ1v) is 14.4. The summed E-state index contributed by atoms with van der Waals surface area (Å²) in [7, 11) is -4.07. The van der Waals surface area contributed by atoms with Crippen molar-refractivity contribution in [1.82, 2.24) is 14.6 Å². The van der Waals surface area contributed by atoms with Gasteiger partial charge in [-0.3, -0.25) is 18.7 Å². The number of nitrogens with zero attached hydrogens (tertiary/aromatic N) is 2. The normalized spacial score (nSPS) is 23.8. The zero-order chi connectivity index (χ0) is 28.4. The van der Waals surface area contributed by atoms with Gasteiger partial charge in [0.2, 0.25) is 0 Å². The Morgan fingerprint density at radius 1 is 1.21 bits per heavy atom. The number of esters is 1. The van der Waals surface area contributed by atoms with Gasteiger partial charge in [-0.15, -0.1) is 0 Å². The molecule has 1 spiro atoms. The molecule has 1 saturated carbocycles. The van der Waals surface area contributed by atoms with Crippen LogP contribution >= 0.6 is 7.75 Å². The minimum absolute atomic E-state index is 0.0276. The van der Waals surface area contributed by atoms with Crippen LogP contribution in [-0.2, 0) is 28.2 Å². The number of nitrogens with two attached hydrogens (primary N) is 1. The van der Waals surface area contributed by atoms with Crippen LogP contribution in [0, 0.1) is 17.3 Å².